The van der Waals surface area contributed by atoms with Crippen LogP contribution in [0.25, 0.3) is 0 Å². The minimum Gasteiger partial charge on any atom is -0.481 e. The predicted molar refractivity (Wildman–Crippen MR) is 78.0 cm³/mol. The first-order valence-corrected chi connectivity index (χ1v) is 7.66. The van der Waals surface area contributed by atoms with E-state index in [2.05, 4.69) is 20.8 Å². The Bertz CT molecular complexity index is 414. The second-order valence-corrected chi connectivity index (χ2v) is 6.65. The zero-order chi connectivity index (χ0) is 15.7. The molecule has 2 amide bonds. The van der Waals surface area contributed by atoms with Gasteiger partial charge in [0.15, 0.2) is 0 Å². The zero-order valence-corrected chi connectivity index (χ0v) is 13.3. The summed E-state index contributed by atoms with van der Waals surface area (Å²) in [4.78, 5) is 27.5. The number of carboxylic acid groups (broad SMARTS) is 1. The molecule has 0 aromatic heterocycles. The van der Waals surface area contributed by atoms with Crippen molar-refractivity contribution in [3.8, 4) is 0 Å². The third-order valence-corrected chi connectivity index (χ3v) is 5.01. The van der Waals surface area contributed by atoms with E-state index in [-0.39, 0.29) is 24.7 Å². The average Bonchev–Trinajstić information content (AvgIpc) is 2.90. The summed E-state index contributed by atoms with van der Waals surface area (Å²) in [5.41, 5.74) is 0. The quantitative estimate of drug-likeness (QED) is 0.839. The molecule has 0 aliphatic carbocycles. The summed E-state index contributed by atoms with van der Waals surface area (Å²) in [6, 6.07) is -0.279. The van der Waals surface area contributed by atoms with Gasteiger partial charge in [0.2, 0.25) is 0 Å². The Hall–Kier alpha value is -1.30. The van der Waals surface area contributed by atoms with Crippen molar-refractivity contribution in [2.45, 2.75) is 39.3 Å². The molecule has 2 rings (SSSR count). The Morgan fingerprint density at radius 1 is 1.24 bits per heavy atom. The van der Waals surface area contributed by atoms with E-state index in [1.54, 1.807) is 11.9 Å². The summed E-state index contributed by atoms with van der Waals surface area (Å²) in [6.45, 7) is 7.61. The molecule has 2 aliphatic rings. The Balaban J connectivity index is 2.09. The molecule has 21 heavy (non-hydrogen) atoms. The summed E-state index contributed by atoms with van der Waals surface area (Å²) >= 11 is 0. The second-order valence-electron chi connectivity index (χ2n) is 6.65. The molecule has 0 aromatic carbocycles. The van der Waals surface area contributed by atoms with Gasteiger partial charge in [0.1, 0.15) is 5.92 Å². The first-order chi connectivity index (χ1) is 9.82. The van der Waals surface area contributed by atoms with Gasteiger partial charge in [-0.1, -0.05) is 13.8 Å². The van der Waals surface area contributed by atoms with E-state index in [1.807, 2.05) is 4.90 Å². The lowest BCUT2D eigenvalue weighted by atomic mass is 9.86. The maximum absolute atomic E-state index is 12.8. The van der Waals surface area contributed by atoms with E-state index in [0.717, 1.165) is 13.0 Å². The van der Waals surface area contributed by atoms with E-state index < -0.39 is 11.9 Å². The number of hydrogen-bond donors (Lipinski definition) is 1. The van der Waals surface area contributed by atoms with Gasteiger partial charge < -0.3 is 19.6 Å². The van der Waals surface area contributed by atoms with Gasteiger partial charge in [0, 0.05) is 19.6 Å². The van der Waals surface area contributed by atoms with Gasteiger partial charge in [-0.3, -0.25) is 4.79 Å². The fraction of sp³-hybridized carbons (Fsp3) is 0.867. The Labute approximate surface area is 126 Å². The van der Waals surface area contributed by atoms with Crippen molar-refractivity contribution in [2.24, 2.45) is 17.8 Å². The van der Waals surface area contributed by atoms with Crippen LogP contribution in [0.2, 0.25) is 0 Å². The van der Waals surface area contributed by atoms with Gasteiger partial charge >= 0.3 is 12.0 Å². The summed E-state index contributed by atoms with van der Waals surface area (Å²) in [5, 5.41) is 9.23. The van der Waals surface area contributed by atoms with Gasteiger partial charge in [0.25, 0.3) is 0 Å². The normalized spacial score (nSPS) is 36.6. The Kier molecular flexibility index (Phi) is 4.76. The van der Waals surface area contributed by atoms with Gasteiger partial charge in [-0.15, -0.1) is 0 Å². The molecule has 1 N–H and O–H groups in total. The first kappa shape index (κ1) is 16.1. The van der Waals surface area contributed by atoms with Crippen LogP contribution in [0.15, 0.2) is 0 Å². The van der Waals surface area contributed by atoms with Crippen molar-refractivity contribution >= 4 is 12.0 Å². The lowest BCUT2D eigenvalue weighted by Crippen LogP contribution is -2.56. The summed E-state index contributed by atoms with van der Waals surface area (Å²) in [5.74, 6) is -0.593. The van der Waals surface area contributed by atoms with Crippen LogP contribution in [-0.4, -0.2) is 65.8 Å². The molecular formula is C15H26N2O4. The van der Waals surface area contributed by atoms with Crippen LogP contribution in [0.1, 0.15) is 27.2 Å². The highest BCUT2D eigenvalue weighted by molar-refractivity contribution is 5.77. The number of carboxylic acids is 1. The highest BCUT2D eigenvalue weighted by Crippen LogP contribution is 2.29. The third kappa shape index (κ3) is 3.15. The monoisotopic (exact) mass is 298 g/mol. The maximum Gasteiger partial charge on any atom is 0.320 e. The summed E-state index contributed by atoms with van der Waals surface area (Å²) in [6.07, 6.45) is 1.12. The SMILES string of the molecule is CC1CC(C)C(C)N(C(=O)N(C)C2COCC2C(=O)O)C1. The number of hydrogen-bond acceptors (Lipinski definition) is 3. The number of carbonyl (C=O) groups excluding carboxylic acids is 1. The number of ether oxygens (including phenoxy) is 1. The third-order valence-electron chi connectivity index (χ3n) is 5.01. The Morgan fingerprint density at radius 2 is 1.90 bits per heavy atom. The van der Waals surface area contributed by atoms with Crippen molar-refractivity contribution in [3.63, 3.8) is 0 Å². The number of rotatable bonds is 2. The lowest BCUT2D eigenvalue weighted by Gasteiger charge is -2.43. The topological polar surface area (TPSA) is 70.1 Å². The second kappa shape index (κ2) is 6.22. The van der Waals surface area contributed by atoms with Gasteiger partial charge in [-0.2, -0.15) is 0 Å². The Morgan fingerprint density at radius 3 is 2.52 bits per heavy atom. The number of aliphatic carboxylic acids is 1. The number of urea groups is 1. The van der Waals surface area contributed by atoms with E-state index in [9.17, 15) is 14.7 Å². The van der Waals surface area contributed by atoms with Crippen molar-refractivity contribution in [3.05, 3.63) is 0 Å². The van der Waals surface area contributed by atoms with Crippen molar-refractivity contribution in [2.75, 3.05) is 26.8 Å². The summed E-state index contributed by atoms with van der Waals surface area (Å²) < 4.78 is 5.27. The highest BCUT2D eigenvalue weighted by Gasteiger charge is 2.41. The van der Waals surface area contributed by atoms with Gasteiger partial charge in [0.05, 0.1) is 19.3 Å². The molecule has 0 spiro atoms. The molecule has 0 radical (unpaired) electrons. The van der Waals surface area contributed by atoms with Crippen molar-refractivity contribution < 1.29 is 19.4 Å². The molecule has 5 unspecified atom stereocenters. The van der Waals surface area contributed by atoms with Gasteiger partial charge in [-0.25, -0.2) is 4.79 Å². The number of likely N-dealkylation sites (tertiary alicyclic amines) is 1. The van der Waals surface area contributed by atoms with E-state index in [4.69, 9.17) is 4.74 Å². The molecular weight excluding hydrogens is 272 g/mol. The fourth-order valence-electron chi connectivity index (χ4n) is 3.47. The lowest BCUT2D eigenvalue weighted by molar-refractivity contribution is -0.142. The molecule has 2 heterocycles. The van der Waals surface area contributed by atoms with Crippen LogP contribution >= 0.6 is 0 Å². The van der Waals surface area contributed by atoms with Crippen LogP contribution < -0.4 is 0 Å². The molecule has 5 atom stereocenters. The molecule has 6 nitrogen and oxygen atoms in total. The minimum atomic E-state index is -0.898. The smallest absolute Gasteiger partial charge is 0.320 e. The van der Waals surface area contributed by atoms with Crippen molar-refractivity contribution in [1.29, 1.82) is 0 Å². The molecule has 2 saturated heterocycles. The first-order valence-electron chi connectivity index (χ1n) is 7.66. The highest BCUT2D eigenvalue weighted by atomic mass is 16.5. The molecule has 0 bridgehead atoms. The molecule has 6 heteroatoms. The number of nitrogens with zero attached hydrogens (tertiary/aromatic N) is 2. The van der Waals surface area contributed by atoms with Gasteiger partial charge in [-0.05, 0) is 25.2 Å². The van der Waals surface area contributed by atoms with Crippen LogP contribution in [0.5, 0.6) is 0 Å². The average molecular weight is 298 g/mol. The molecule has 2 aliphatic heterocycles. The fourth-order valence-corrected chi connectivity index (χ4v) is 3.47. The van der Waals surface area contributed by atoms with Crippen LogP contribution in [0.4, 0.5) is 4.79 Å². The molecule has 120 valence electrons. The number of piperidine rings is 1. The van der Waals surface area contributed by atoms with E-state index >= 15 is 0 Å². The standard InChI is InChI=1S/C15H26N2O4/c1-9-5-10(2)11(3)17(6-9)15(20)16(4)13-8-21-7-12(13)14(18)19/h9-13H,5-8H2,1-4H3,(H,18,19). The molecule has 0 aromatic rings. The predicted octanol–water partition coefficient (Wildman–Crippen LogP) is 1.50. The zero-order valence-electron chi connectivity index (χ0n) is 13.3. The largest absolute Gasteiger partial charge is 0.481 e. The number of likely N-dealkylation sites (N-methyl/N-ethyl adjacent to an activating group) is 1. The van der Waals surface area contributed by atoms with Crippen LogP contribution in [-0.2, 0) is 9.53 Å². The van der Waals surface area contributed by atoms with Crippen molar-refractivity contribution in [1.82, 2.24) is 9.80 Å². The molecule has 0 saturated carbocycles. The van der Waals surface area contributed by atoms with Crippen LogP contribution in [0.3, 0.4) is 0 Å². The number of amides is 2. The van der Waals surface area contributed by atoms with E-state index in [0.29, 0.717) is 18.4 Å². The minimum absolute atomic E-state index is 0.0809. The van der Waals surface area contributed by atoms with E-state index in [1.165, 1.54) is 0 Å². The maximum atomic E-state index is 12.8. The molecule has 2 fully saturated rings. The summed E-state index contributed by atoms with van der Waals surface area (Å²) in [7, 11) is 1.69. The van der Waals surface area contributed by atoms with Crippen LogP contribution in [0, 0.1) is 17.8 Å². The number of carbonyl (C=O) groups is 2.